The Morgan fingerprint density at radius 1 is 1.26 bits per heavy atom. The Hall–Kier alpha value is -1.75. The number of likely N-dealkylation sites (tertiary alicyclic amines) is 1. The van der Waals surface area contributed by atoms with Gasteiger partial charge in [-0.2, -0.15) is 0 Å². The van der Waals surface area contributed by atoms with Crippen molar-refractivity contribution in [2.45, 2.75) is 45.1 Å². The van der Waals surface area contributed by atoms with E-state index in [0.29, 0.717) is 19.8 Å². The van der Waals surface area contributed by atoms with Gasteiger partial charge in [-0.3, -0.25) is 9.69 Å². The van der Waals surface area contributed by atoms with Gasteiger partial charge in [0.05, 0.1) is 6.04 Å². The minimum Gasteiger partial charge on any atom is -0.454 e. The summed E-state index contributed by atoms with van der Waals surface area (Å²) >= 11 is 0. The molecule has 2 aliphatic heterocycles. The van der Waals surface area contributed by atoms with Gasteiger partial charge >= 0.3 is 0 Å². The first-order valence-electron chi connectivity index (χ1n) is 8.68. The van der Waals surface area contributed by atoms with Gasteiger partial charge in [0.15, 0.2) is 11.5 Å². The number of rotatable bonds is 7. The molecule has 1 aromatic rings. The number of amides is 1. The zero-order chi connectivity index (χ0) is 16.1. The van der Waals surface area contributed by atoms with E-state index in [9.17, 15) is 4.79 Å². The van der Waals surface area contributed by atoms with Crippen molar-refractivity contribution in [1.82, 2.24) is 10.2 Å². The molecular formula is C18H26N2O3. The molecule has 1 unspecified atom stereocenters. The first-order valence-corrected chi connectivity index (χ1v) is 8.68. The molecule has 1 aromatic carbocycles. The first-order chi connectivity index (χ1) is 11.3. The third kappa shape index (κ3) is 3.96. The van der Waals surface area contributed by atoms with Crippen LogP contribution in [0.15, 0.2) is 18.2 Å². The van der Waals surface area contributed by atoms with Crippen molar-refractivity contribution >= 4 is 5.91 Å². The summed E-state index contributed by atoms with van der Waals surface area (Å²) in [7, 11) is 0. The normalized spacial score (nSPS) is 18.1. The maximum Gasteiger partial charge on any atom is 0.231 e. The number of hydrogen-bond donors (Lipinski definition) is 1. The fourth-order valence-corrected chi connectivity index (χ4v) is 3.27. The third-order valence-corrected chi connectivity index (χ3v) is 4.61. The van der Waals surface area contributed by atoms with Crippen LogP contribution in [0.25, 0.3) is 0 Å². The standard InChI is InChI=1S/C18H26N2O3/c1-2-3-6-18(21)19-12-15(20-9-4-5-10-20)14-7-8-16-17(11-14)23-13-22-16/h7-8,11,15H,2-6,9-10,12-13H2,1H3,(H,19,21). The number of unbranched alkanes of at least 4 members (excludes halogenated alkanes) is 1. The minimum absolute atomic E-state index is 0.150. The zero-order valence-electron chi connectivity index (χ0n) is 13.8. The van der Waals surface area contributed by atoms with E-state index in [1.54, 1.807) is 0 Å². The number of nitrogens with zero attached hydrogens (tertiary/aromatic N) is 1. The van der Waals surface area contributed by atoms with Gasteiger partial charge in [-0.25, -0.2) is 0 Å². The van der Waals surface area contributed by atoms with Crippen LogP contribution in [0.4, 0.5) is 0 Å². The van der Waals surface area contributed by atoms with E-state index < -0.39 is 0 Å². The quantitative estimate of drug-likeness (QED) is 0.840. The van der Waals surface area contributed by atoms with Gasteiger partial charge < -0.3 is 14.8 Å². The van der Waals surface area contributed by atoms with E-state index in [1.807, 2.05) is 6.07 Å². The summed E-state index contributed by atoms with van der Waals surface area (Å²) in [4.78, 5) is 14.4. The average Bonchev–Trinajstić information content (AvgIpc) is 3.24. The highest BCUT2D eigenvalue weighted by Gasteiger charge is 2.25. The number of carbonyl (C=O) groups is 1. The molecule has 0 saturated carbocycles. The molecule has 2 aliphatic rings. The van der Waals surface area contributed by atoms with Crippen molar-refractivity contribution in [2.24, 2.45) is 0 Å². The van der Waals surface area contributed by atoms with E-state index in [2.05, 4.69) is 29.3 Å². The second kappa shape index (κ2) is 7.68. The maximum atomic E-state index is 12.0. The molecule has 0 spiro atoms. The van der Waals surface area contributed by atoms with E-state index >= 15 is 0 Å². The number of fused-ring (bicyclic) bond motifs is 1. The summed E-state index contributed by atoms with van der Waals surface area (Å²) in [6.07, 6.45) is 5.06. The fraction of sp³-hybridized carbons (Fsp3) is 0.611. The summed E-state index contributed by atoms with van der Waals surface area (Å²) in [5.41, 5.74) is 1.19. The lowest BCUT2D eigenvalue weighted by atomic mass is 10.0. The fourth-order valence-electron chi connectivity index (χ4n) is 3.27. The summed E-state index contributed by atoms with van der Waals surface area (Å²) in [6.45, 7) is 5.23. The Labute approximate surface area is 137 Å². The van der Waals surface area contributed by atoms with Crippen molar-refractivity contribution in [3.05, 3.63) is 23.8 Å². The monoisotopic (exact) mass is 318 g/mol. The van der Waals surface area contributed by atoms with Gasteiger partial charge in [-0.15, -0.1) is 0 Å². The number of carbonyl (C=O) groups excluding carboxylic acids is 1. The maximum absolute atomic E-state index is 12.0. The van der Waals surface area contributed by atoms with Crippen LogP contribution in [0.2, 0.25) is 0 Å². The summed E-state index contributed by atoms with van der Waals surface area (Å²) < 4.78 is 10.9. The van der Waals surface area contributed by atoms with Crippen molar-refractivity contribution in [1.29, 1.82) is 0 Å². The molecule has 23 heavy (non-hydrogen) atoms. The van der Waals surface area contributed by atoms with Crippen molar-refractivity contribution in [3.8, 4) is 11.5 Å². The van der Waals surface area contributed by atoms with Crippen LogP contribution in [0.5, 0.6) is 11.5 Å². The van der Waals surface area contributed by atoms with Crippen LogP contribution in [0.1, 0.15) is 50.6 Å². The molecule has 1 atom stereocenters. The average molecular weight is 318 g/mol. The summed E-state index contributed by atoms with van der Waals surface area (Å²) in [5.74, 6) is 1.77. The smallest absolute Gasteiger partial charge is 0.231 e. The predicted octanol–water partition coefficient (Wildman–Crippen LogP) is 2.86. The Morgan fingerprint density at radius 3 is 2.83 bits per heavy atom. The molecule has 1 N–H and O–H groups in total. The van der Waals surface area contributed by atoms with Crippen LogP contribution >= 0.6 is 0 Å². The van der Waals surface area contributed by atoms with Gasteiger partial charge in [-0.1, -0.05) is 19.4 Å². The van der Waals surface area contributed by atoms with Crippen LogP contribution in [0, 0.1) is 0 Å². The Balaban J connectivity index is 1.69. The molecule has 1 amide bonds. The molecule has 0 bridgehead atoms. The number of hydrogen-bond acceptors (Lipinski definition) is 4. The molecule has 0 radical (unpaired) electrons. The lowest BCUT2D eigenvalue weighted by Gasteiger charge is -2.28. The molecule has 5 heteroatoms. The van der Waals surface area contributed by atoms with Gasteiger partial charge in [0.25, 0.3) is 0 Å². The second-order valence-corrected chi connectivity index (χ2v) is 6.28. The van der Waals surface area contributed by atoms with Gasteiger partial charge in [-0.05, 0) is 50.0 Å². The number of ether oxygens (including phenoxy) is 2. The topological polar surface area (TPSA) is 50.8 Å². The molecule has 2 heterocycles. The van der Waals surface area contributed by atoms with Crippen molar-refractivity contribution in [3.63, 3.8) is 0 Å². The second-order valence-electron chi connectivity index (χ2n) is 6.28. The molecule has 0 aromatic heterocycles. The Morgan fingerprint density at radius 2 is 2.04 bits per heavy atom. The van der Waals surface area contributed by atoms with Crippen molar-refractivity contribution in [2.75, 3.05) is 26.4 Å². The third-order valence-electron chi connectivity index (χ3n) is 4.61. The Kier molecular flexibility index (Phi) is 5.39. The largest absolute Gasteiger partial charge is 0.454 e. The molecule has 1 saturated heterocycles. The summed E-state index contributed by atoms with van der Waals surface area (Å²) in [6, 6.07) is 6.33. The van der Waals surface area contributed by atoms with Gasteiger partial charge in [0, 0.05) is 13.0 Å². The minimum atomic E-state index is 0.150. The molecule has 3 rings (SSSR count). The van der Waals surface area contributed by atoms with Crippen LogP contribution < -0.4 is 14.8 Å². The predicted molar refractivity (Wildman–Crippen MR) is 88.6 cm³/mol. The van der Waals surface area contributed by atoms with E-state index in [0.717, 1.165) is 37.4 Å². The van der Waals surface area contributed by atoms with Crippen LogP contribution in [0.3, 0.4) is 0 Å². The molecular weight excluding hydrogens is 292 g/mol. The highest BCUT2D eigenvalue weighted by atomic mass is 16.7. The highest BCUT2D eigenvalue weighted by Crippen LogP contribution is 2.36. The molecule has 5 nitrogen and oxygen atoms in total. The van der Waals surface area contributed by atoms with Crippen molar-refractivity contribution < 1.29 is 14.3 Å². The zero-order valence-corrected chi connectivity index (χ0v) is 13.8. The van der Waals surface area contributed by atoms with Gasteiger partial charge in [0.1, 0.15) is 0 Å². The van der Waals surface area contributed by atoms with Crippen LogP contribution in [-0.4, -0.2) is 37.2 Å². The van der Waals surface area contributed by atoms with E-state index in [-0.39, 0.29) is 11.9 Å². The number of nitrogens with one attached hydrogen (secondary N) is 1. The SMILES string of the molecule is CCCCC(=O)NCC(c1ccc2c(c1)OCO2)N1CCCC1. The molecule has 1 fully saturated rings. The van der Waals surface area contributed by atoms with E-state index in [1.165, 1.54) is 18.4 Å². The lowest BCUT2D eigenvalue weighted by molar-refractivity contribution is -0.121. The van der Waals surface area contributed by atoms with Crippen LogP contribution in [-0.2, 0) is 4.79 Å². The molecule has 0 aliphatic carbocycles. The van der Waals surface area contributed by atoms with E-state index in [4.69, 9.17) is 9.47 Å². The highest BCUT2D eigenvalue weighted by molar-refractivity contribution is 5.75. The Bertz CT molecular complexity index is 541. The lowest BCUT2D eigenvalue weighted by Crippen LogP contribution is -2.36. The summed E-state index contributed by atoms with van der Waals surface area (Å²) in [5, 5.41) is 3.11. The van der Waals surface area contributed by atoms with Gasteiger partial charge in [0.2, 0.25) is 12.7 Å². The molecule has 126 valence electrons. The first kappa shape index (κ1) is 16.1. The number of benzene rings is 1.